The number of fused-ring (bicyclic) bond motifs is 1. The zero-order valence-corrected chi connectivity index (χ0v) is 22.4. The molecule has 2 atom stereocenters. The number of carbonyl (C=O) groups excluding carboxylic acids is 2. The van der Waals surface area contributed by atoms with E-state index in [-0.39, 0.29) is 17.6 Å². The SMILES string of the molecule is CCCCCC(=O)N1c2ccccc2NC2=C(C(=O)C[C@@H](c3ccc(Cl)cc3)C2)[C@@H]1c1cccc(Cl)c1. The molecule has 37 heavy (non-hydrogen) atoms. The Morgan fingerprint density at radius 3 is 2.46 bits per heavy atom. The number of anilines is 2. The number of hydrogen-bond acceptors (Lipinski definition) is 3. The fourth-order valence-corrected chi connectivity index (χ4v) is 5.80. The Bertz CT molecular complexity index is 1350. The van der Waals surface area contributed by atoms with Gasteiger partial charge in [-0.3, -0.25) is 14.5 Å². The summed E-state index contributed by atoms with van der Waals surface area (Å²) in [5, 5.41) is 4.82. The van der Waals surface area contributed by atoms with Gasteiger partial charge in [-0.15, -0.1) is 0 Å². The molecule has 3 aromatic carbocycles. The second-order valence-electron chi connectivity index (χ2n) is 9.79. The molecular formula is C31H30Cl2N2O2. The van der Waals surface area contributed by atoms with Gasteiger partial charge >= 0.3 is 0 Å². The van der Waals surface area contributed by atoms with Crippen molar-refractivity contribution in [1.82, 2.24) is 0 Å². The zero-order valence-electron chi connectivity index (χ0n) is 20.8. The number of para-hydroxylation sites is 2. The molecular weight excluding hydrogens is 503 g/mol. The predicted octanol–water partition coefficient (Wildman–Crippen LogP) is 8.47. The fourth-order valence-electron chi connectivity index (χ4n) is 5.47. The molecule has 1 aliphatic carbocycles. The molecule has 190 valence electrons. The standard InChI is InChI=1S/C31H30Cl2N2O2/c1-2-3-4-12-29(37)35-27-11-6-5-10-25(27)34-26-18-22(20-13-15-23(32)16-14-20)19-28(36)30(26)31(35)21-8-7-9-24(33)17-21/h5-11,13-17,22,31,34H,2-4,12,18-19H2,1H3/t22-,31-/m0/s1. The Balaban J connectivity index is 1.66. The van der Waals surface area contributed by atoms with Crippen LogP contribution in [0.4, 0.5) is 11.4 Å². The minimum atomic E-state index is -0.558. The van der Waals surface area contributed by atoms with Gasteiger partial charge in [-0.1, -0.05) is 79.4 Å². The molecule has 0 fully saturated rings. The third kappa shape index (κ3) is 5.32. The second kappa shape index (κ2) is 11.1. The van der Waals surface area contributed by atoms with E-state index in [1.54, 1.807) is 0 Å². The second-order valence-corrected chi connectivity index (χ2v) is 10.7. The number of hydrogen-bond donors (Lipinski definition) is 1. The molecule has 6 heteroatoms. The molecule has 4 nitrogen and oxygen atoms in total. The lowest BCUT2D eigenvalue weighted by Gasteiger charge is -2.35. The van der Waals surface area contributed by atoms with Crippen molar-refractivity contribution in [3.05, 3.63) is 105 Å². The third-order valence-electron chi connectivity index (χ3n) is 7.26. The molecule has 0 saturated carbocycles. The highest BCUT2D eigenvalue weighted by molar-refractivity contribution is 6.31. The van der Waals surface area contributed by atoms with Gasteiger partial charge in [-0.05, 0) is 66.3 Å². The molecule has 0 aromatic heterocycles. The number of nitrogens with one attached hydrogen (secondary N) is 1. The number of allylic oxidation sites excluding steroid dienone is 1. The number of amides is 1. The third-order valence-corrected chi connectivity index (χ3v) is 7.74. The summed E-state index contributed by atoms with van der Waals surface area (Å²) >= 11 is 12.6. The van der Waals surface area contributed by atoms with Crippen LogP contribution in [0.3, 0.4) is 0 Å². The molecule has 0 radical (unpaired) electrons. The minimum Gasteiger partial charge on any atom is -0.357 e. The van der Waals surface area contributed by atoms with Gasteiger partial charge in [-0.25, -0.2) is 0 Å². The normalized spacial score (nSPS) is 19.1. The summed E-state index contributed by atoms with van der Waals surface area (Å²) in [6.07, 6.45) is 4.27. The van der Waals surface area contributed by atoms with Crippen LogP contribution >= 0.6 is 23.2 Å². The molecule has 0 spiro atoms. The van der Waals surface area contributed by atoms with E-state index in [0.29, 0.717) is 34.9 Å². The number of halogens is 2. The first-order valence-electron chi connectivity index (χ1n) is 12.9. The van der Waals surface area contributed by atoms with Gasteiger partial charge in [-0.2, -0.15) is 0 Å². The maximum absolute atomic E-state index is 14.0. The van der Waals surface area contributed by atoms with Gasteiger partial charge in [0.05, 0.1) is 17.4 Å². The van der Waals surface area contributed by atoms with E-state index in [9.17, 15) is 9.59 Å². The highest BCUT2D eigenvalue weighted by Crippen LogP contribution is 2.48. The smallest absolute Gasteiger partial charge is 0.227 e. The van der Waals surface area contributed by atoms with Gasteiger partial charge in [0.2, 0.25) is 5.91 Å². The molecule has 1 heterocycles. The van der Waals surface area contributed by atoms with Crippen molar-refractivity contribution in [2.45, 2.75) is 57.4 Å². The summed E-state index contributed by atoms with van der Waals surface area (Å²) in [5.74, 6) is 0.0712. The van der Waals surface area contributed by atoms with Crippen LogP contribution in [0.15, 0.2) is 84.1 Å². The minimum absolute atomic E-state index is 0.00838. The highest BCUT2D eigenvalue weighted by atomic mass is 35.5. The zero-order chi connectivity index (χ0) is 25.9. The van der Waals surface area contributed by atoms with Crippen LogP contribution in [0.1, 0.15) is 68.5 Å². The Labute approximate surface area is 228 Å². The molecule has 2 aliphatic rings. The Kier molecular flexibility index (Phi) is 7.68. The van der Waals surface area contributed by atoms with Crippen LogP contribution in [0.2, 0.25) is 10.0 Å². The molecule has 1 amide bonds. The topological polar surface area (TPSA) is 49.4 Å². The number of benzene rings is 3. The first-order valence-corrected chi connectivity index (χ1v) is 13.7. The first kappa shape index (κ1) is 25.6. The summed E-state index contributed by atoms with van der Waals surface area (Å²) in [6.45, 7) is 2.12. The predicted molar refractivity (Wildman–Crippen MR) is 151 cm³/mol. The van der Waals surface area contributed by atoms with Crippen molar-refractivity contribution in [2.75, 3.05) is 10.2 Å². The summed E-state index contributed by atoms with van der Waals surface area (Å²) in [5.41, 5.74) is 5.02. The maximum atomic E-state index is 14.0. The fraction of sp³-hybridized carbons (Fsp3) is 0.290. The van der Waals surface area contributed by atoms with Gasteiger partial charge in [0, 0.05) is 34.2 Å². The van der Waals surface area contributed by atoms with Crippen LogP contribution in [0, 0.1) is 0 Å². The molecule has 0 bridgehead atoms. The lowest BCUT2D eigenvalue weighted by molar-refractivity contribution is -0.119. The van der Waals surface area contributed by atoms with E-state index in [1.165, 1.54) is 0 Å². The van der Waals surface area contributed by atoms with Gasteiger partial charge in [0.15, 0.2) is 5.78 Å². The van der Waals surface area contributed by atoms with Crippen molar-refractivity contribution in [1.29, 1.82) is 0 Å². The summed E-state index contributed by atoms with van der Waals surface area (Å²) in [4.78, 5) is 29.7. The van der Waals surface area contributed by atoms with Crippen LogP contribution in [-0.2, 0) is 9.59 Å². The quantitative estimate of drug-likeness (QED) is 0.323. The summed E-state index contributed by atoms with van der Waals surface area (Å²) < 4.78 is 0. The number of rotatable bonds is 6. The molecule has 5 rings (SSSR count). The van der Waals surface area contributed by atoms with Gasteiger partial charge in [0.25, 0.3) is 0 Å². The lowest BCUT2D eigenvalue weighted by atomic mass is 9.78. The van der Waals surface area contributed by atoms with E-state index in [2.05, 4.69) is 12.2 Å². The molecule has 0 saturated heterocycles. The first-order chi connectivity index (χ1) is 18.0. The van der Waals surface area contributed by atoms with E-state index < -0.39 is 6.04 Å². The molecule has 1 aliphatic heterocycles. The van der Waals surface area contributed by atoms with Crippen LogP contribution in [0.25, 0.3) is 0 Å². The largest absolute Gasteiger partial charge is 0.357 e. The number of nitrogens with zero attached hydrogens (tertiary/aromatic N) is 1. The van der Waals surface area contributed by atoms with Gasteiger partial charge in [0.1, 0.15) is 0 Å². The molecule has 3 aromatic rings. The number of unbranched alkanes of at least 4 members (excludes halogenated alkanes) is 2. The number of ketones is 1. The Morgan fingerprint density at radius 1 is 0.919 bits per heavy atom. The summed E-state index contributed by atoms with van der Waals surface area (Å²) in [7, 11) is 0. The molecule has 1 N–H and O–H groups in total. The van der Waals surface area contributed by atoms with E-state index in [0.717, 1.165) is 47.5 Å². The van der Waals surface area contributed by atoms with Crippen LogP contribution in [0.5, 0.6) is 0 Å². The van der Waals surface area contributed by atoms with Crippen LogP contribution in [-0.4, -0.2) is 11.7 Å². The van der Waals surface area contributed by atoms with Crippen molar-refractivity contribution >= 4 is 46.3 Å². The Hall–Kier alpha value is -3.08. The van der Waals surface area contributed by atoms with E-state index >= 15 is 0 Å². The van der Waals surface area contributed by atoms with Crippen molar-refractivity contribution < 1.29 is 9.59 Å². The van der Waals surface area contributed by atoms with Crippen molar-refractivity contribution in [3.63, 3.8) is 0 Å². The van der Waals surface area contributed by atoms with Crippen LogP contribution < -0.4 is 10.2 Å². The average Bonchev–Trinajstić information content (AvgIpc) is 3.04. The monoisotopic (exact) mass is 532 g/mol. The molecule has 0 unspecified atom stereocenters. The van der Waals surface area contributed by atoms with Gasteiger partial charge < -0.3 is 5.32 Å². The average molecular weight is 533 g/mol. The highest BCUT2D eigenvalue weighted by Gasteiger charge is 2.41. The Morgan fingerprint density at radius 2 is 1.70 bits per heavy atom. The van der Waals surface area contributed by atoms with E-state index in [1.807, 2.05) is 77.7 Å². The van der Waals surface area contributed by atoms with E-state index in [4.69, 9.17) is 23.2 Å². The maximum Gasteiger partial charge on any atom is 0.227 e. The lowest BCUT2D eigenvalue weighted by Crippen LogP contribution is -2.38. The number of Topliss-reactive ketones (excluding diaryl/α,β-unsaturated/α-hetero) is 1. The van der Waals surface area contributed by atoms with Crippen molar-refractivity contribution in [3.8, 4) is 0 Å². The number of carbonyl (C=O) groups is 2. The summed E-state index contributed by atoms with van der Waals surface area (Å²) in [6, 6.07) is 22.5. The van der Waals surface area contributed by atoms with Crippen molar-refractivity contribution in [2.24, 2.45) is 0 Å².